The Morgan fingerprint density at radius 1 is 1.14 bits per heavy atom. The molecule has 1 aliphatic carbocycles. The second-order valence-corrected chi connectivity index (χ2v) is 9.16. The number of ether oxygens (including phenoxy) is 2. The highest BCUT2D eigenvalue weighted by atomic mass is 32.2. The molecule has 0 amide bonds. The first kappa shape index (κ1) is 21.8. The van der Waals surface area contributed by atoms with Crippen molar-refractivity contribution in [1.82, 2.24) is 10.2 Å². The van der Waals surface area contributed by atoms with E-state index in [4.69, 9.17) is 9.47 Å². The monoisotopic (exact) mass is 408 g/mol. The molecule has 1 saturated heterocycles. The fraction of sp³-hybridized carbons (Fsp3) is 0.727. The summed E-state index contributed by atoms with van der Waals surface area (Å²) in [6, 6.07) is 6.74. The van der Waals surface area contributed by atoms with Crippen molar-refractivity contribution in [3.05, 3.63) is 23.8 Å². The van der Waals surface area contributed by atoms with Crippen LogP contribution in [0.2, 0.25) is 0 Å². The molecule has 2 fully saturated rings. The number of aliphatic hydroxyl groups is 1. The van der Waals surface area contributed by atoms with Gasteiger partial charge in [0.05, 0.1) is 7.11 Å². The lowest BCUT2D eigenvalue weighted by Gasteiger charge is -2.28. The van der Waals surface area contributed by atoms with E-state index in [1.54, 1.807) is 7.11 Å². The largest absolute Gasteiger partial charge is 0.493 e. The maximum Gasteiger partial charge on any atom is 0.161 e. The lowest BCUT2D eigenvalue weighted by Crippen LogP contribution is -2.40. The average molecular weight is 409 g/mol. The van der Waals surface area contributed by atoms with Crippen LogP contribution in [-0.2, 0) is 6.54 Å². The van der Waals surface area contributed by atoms with E-state index in [0.29, 0.717) is 24.9 Å². The molecular weight excluding hydrogens is 372 g/mol. The van der Waals surface area contributed by atoms with Crippen LogP contribution in [0.5, 0.6) is 11.5 Å². The first-order chi connectivity index (χ1) is 13.7. The van der Waals surface area contributed by atoms with E-state index in [-0.39, 0.29) is 0 Å². The Morgan fingerprint density at radius 2 is 1.89 bits per heavy atom. The highest BCUT2D eigenvalue weighted by Crippen LogP contribution is 2.28. The SMILES string of the molecule is COc1cc(CNC2CCCCCC2)ccc1OCC(O)CN1CCSCC1. The Labute approximate surface area is 174 Å². The van der Waals surface area contributed by atoms with Crippen LogP contribution in [0.1, 0.15) is 44.1 Å². The van der Waals surface area contributed by atoms with Gasteiger partial charge in [0, 0.05) is 43.7 Å². The quantitative estimate of drug-likeness (QED) is 0.612. The van der Waals surface area contributed by atoms with E-state index in [2.05, 4.69) is 16.3 Å². The minimum atomic E-state index is -0.482. The molecular formula is C22H36N2O3S. The number of rotatable bonds is 9. The summed E-state index contributed by atoms with van der Waals surface area (Å²) in [5, 5.41) is 14.0. The first-order valence-electron chi connectivity index (χ1n) is 10.8. The van der Waals surface area contributed by atoms with Gasteiger partial charge < -0.3 is 19.9 Å². The second-order valence-electron chi connectivity index (χ2n) is 7.93. The average Bonchev–Trinajstić information content (AvgIpc) is 3.00. The van der Waals surface area contributed by atoms with Gasteiger partial charge in [0.15, 0.2) is 11.5 Å². The molecule has 5 nitrogen and oxygen atoms in total. The first-order valence-corrected chi connectivity index (χ1v) is 11.9. The molecule has 0 radical (unpaired) electrons. The van der Waals surface area contributed by atoms with Gasteiger partial charge in [0.1, 0.15) is 12.7 Å². The van der Waals surface area contributed by atoms with Crippen molar-refractivity contribution in [2.45, 2.75) is 57.2 Å². The molecule has 0 aromatic heterocycles. The van der Waals surface area contributed by atoms with Crippen molar-refractivity contribution >= 4 is 11.8 Å². The van der Waals surface area contributed by atoms with Crippen LogP contribution < -0.4 is 14.8 Å². The van der Waals surface area contributed by atoms with E-state index in [0.717, 1.165) is 36.9 Å². The standard InChI is InChI=1S/C22H36N2O3S/c1-26-22-14-18(15-23-19-6-4-2-3-5-7-19)8-9-21(22)27-17-20(25)16-24-10-12-28-13-11-24/h8-9,14,19-20,23,25H,2-7,10-13,15-17H2,1H3. The van der Waals surface area contributed by atoms with E-state index in [9.17, 15) is 5.11 Å². The van der Waals surface area contributed by atoms with Gasteiger partial charge in [-0.05, 0) is 30.5 Å². The number of hydrogen-bond donors (Lipinski definition) is 2. The normalized spacial score (nSPS) is 20.5. The van der Waals surface area contributed by atoms with E-state index >= 15 is 0 Å². The van der Waals surface area contributed by atoms with Crippen LogP contribution in [0.4, 0.5) is 0 Å². The molecule has 3 rings (SSSR count). The van der Waals surface area contributed by atoms with Gasteiger partial charge in [-0.25, -0.2) is 0 Å². The summed E-state index contributed by atoms with van der Waals surface area (Å²) in [5.74, 6) is 3.74. The lowest BCUT2D eigenvalue weighted by molar-refractivity contribution is 0.0705. The molecule has 1 unspecified atom stereocenters. The summed E-state index contributed by atoms with van der Waals surface area (Å²) in [6.07, 6.45) is 7.52. The number of β-amino-alcohol motifs (C(OH)–C–C–N with tert-alkyl or cyclic N) is 1. The van der Waals surface area contributed by atoms with Crippen LogP contribution >= 0.6 is 11.8 Å². The van der Waals surface area contributed by atoms with Gasteiger partial charge in [-0.3, -0.25) is 4.90 Å². The van der Waals surface area contributed by atoms with Gasteiger partial charge in [0.2, 0.25) is 0 Å². The summed E-state index contributed by atoms with van der Waals surface area (Å²) in [7, 11) is 1.67. The number of benzene rings is 1. The highest BCUT2D eigenvalue weighted by Gasteiger charge is 2.16. The summed E-state index contributed by atoms with van der Waals surface area (Å²) in [5.41, 5.74) is 1.21. The molecule has 1 heterocycles. The summed E-state index contributed by atoms with van der Waals surface area (Å²) < 4.78 is 11.4. The van der Waals surface area contributed by atoms with Crippen molar-refractivity contribution in [1.29, 1.82) is 0 Å². The molecule has 6 heteroatoms. The number of methoxy groups -OCH3 is 1. The summed E-state index contributed by atoms with van der Waals surface area (Å²) in [4.78, 5) is 2.31. The van der Waals surface area contributed by atoms with Gasteiger partial charge >= 0.3 is 0 Å². The van der Waals surface area contributed by atoms with Crippen LogP contribution in [-0.4, -0.2) is 67.0 Å². The molecule has 1 aromatic carbocycles. The predicted octanol–water partition coefficient (Wildman–Crippen LogP) is 3.30. The number of nitrogens with zero attached hydrogens (tertiary/aromatic N) is 1. The molecule has 0 bridgehead atoms. The van der Waals surface area contributed by atoms with Gasteiger partial charge in [-0.15, -0.1) is 0 Å². The molecule has 1 aliphatic heterocycles. The zero-order chi connectivity index (χ0) is 19.6. The Balaban J connectivity index is 1.46. The zero-order valence-corrected chi connectivity index (χ0v) is 18.0. The Morgan fingerprint density at radius 3 is 2.61 bits per heavy atom. The zero-order valence-electron chi connectivity index (χ0n) is 17.2. The second kappa shape index (κ2) is 11.9. The predicted molar refractivity (Wildman–Crippen MR) is 117 cm³/mol. The van der Waals surface area contributed by atoms with Crippen molar-refractivity contribution in [3.8, 4) is 11.5 Å². The molecule has 28 heavy (non-hydrogen) atoms. The molecule has 1 aromatic rings. The van der Waals surface area contributed by atoms with Gasteiger partial charge in [-0.1, -0.05) is 31.7 Å². The Bertz CT molecular complexity index is 573. The summed E-state index contributed by atoms with van der Waals surface area (Å²) in [6.45, 7) is 3.92. The van der Waals surface area contributed by atoms with Crippen molar-refractivity contribution < 1.29 is 14.6 Å². The fourth-order valence-corrected chi connectivity index (χ4v) is 4.99. The van der Waals surface area contributed by atoms with Crippen LogP contribution in [0, 0.1) is 0 Å². The molecule has 2 N–H and O–H groups in total. The molecule has 2 aliphatic rings. The lowest BCUT2D eigenvalue weighted by atomic mass is 10.1. The third-order valence-corrected chi connectivity index (χ3v) is 6.62. The smallest absolute Gasteiger partial charge is 0.161 e. The number of nitrogens with one attached hydrogen (secondary N) is 1. The van der Waals surface area contributed by atoms with Gasteiger partial charge in [0.25, 0.3) is 0 Å². The van der Waals surface area contributed by atoms with Crippen molar-refractivity contribution in [2.75, 3.05) is 44.9 Å². The van der Waals surface area contributed by atoms with E-state index in [1.807, 2.05) is 23.9 Å². The van der Waals surface area contributed by atoms with Crippen LogP contribution in [0.3, 0.4) is 0 Å². The number of thioether (sulfide) groups is 1. The third-order valence-electron chi connectivity index (χ3n) is 5.68. The molecule has 0 spiro atoms. The van der Waals surface area contributed by atoms with E-state index < -0.39 is 6.10 Å². The minimum absolute atomic E-state index is 0.291. The van der Waals surface area contributed by atoms with Crippen LogP contribution in [0.25, 0.3) is 0 Å². The van der Waals surface area contributed by atoms with Crippen molar-refractivity contribution in [2.24, 2.45) is 0 Å². The minimum Gasteiger partial charge on any atom is -0.493 e. The molecule has 1 saturated carbocycles. The van der Waals surface area contributed by atoms with E-state index in [1.165, 1.54) is 44.1 Å². The number of hydrogen-bond acceptors (Lipinski definition) is 6. The number of aliphatic hydroxyl groups excluding tert-OH is 1. The molecule has 158 valence electrons. The highest BCUT2D eigenvalue weighted by molar-refractivity contribution is 7.99. The Hall–Kier alpha value is -0.950. The fourth-order valence-electron chi connectivity index (χ4n) is 4.01. The topological polar surface area (TPSA) is 54.0 Å². The van der Waals surface area contributed by atoms with Crippen LogP contribution in [0.15, 0.2) is 18.2 Å². The molecule has 1 atom stereocenters. The Kier molecular flexibility index (Phi) is 9.25. The van der Waals surface area contributed by atoms with Crippen molar-refractivity contribution in [3.63, 3.8) is 0 Å². The third kappa shape index (κ3) is 7.14. The maximum absolute atomic E-state index is 10.3. The maximum atomic E-state index is 10.3. The summed E-state index contributed by atoms with van der Waals surface area (Å²) >= 11 is 1.98. The van der Waals surface area contributed by atoms with Gasteiger partial charge in [-0.2, -0.15) is 11.8 Å².